The fourth-order valence-corrected chi connectivity index (χ4v) is 6.12. The van der Waals surface area contributed by atoms with Gasteiger partial charge in [-0.05, 0) is 72.1 Å². The zero-order valence-corrected chi connectivity index (χ0v) is 24.6. The number of hydrogen-bond donors (Lipinski definition) is 3. The maximum atomic E-state index is 10.3. The first-order valence-corrected chi connectivity index (χ1v) is 14.9. The van der Waals surface area contributed by atoms with Gasteiger partial charge in [-0.15, -0.1) is 0 Å². The van der Waals surface area contributed by atoms with Gasteiger partial charge in [-0.1, -0.05) is 19.4 Å². The van der Waals surface area contributed by atoms with Gasteiger partial charge in [0.15, 0.2) is 23.0 Å². The molecule has 220 valence electrons. The Morgan fingerprint density at radius 3 is 2.30 bits per heavy atom. The van der Waals surface area contributed by atoms with Gasteiger partial charge in [0, 0.05) is 36.9 Å². The molecule has 3 aliphatic heterocycles. The number of benzene rings is 2. The van der Waals surface area contributed by atoms with Crippen LogP contribution in [0.3, 0.4) is 0 Å². The van der Waals surface area contributed by atoms with Crippen LogP contribution in [-0.4, -0.2) is 71.1 Å². The second-order valence-corrected chi connectivity index (χ2v) is 11.5. The third-order valence-corrected chi connectivity index (χ3v) is 8.63. The molecule has 3 N–H and O–H groups in total. The molecular formula is C29H40N2O8S. The third-order valence-electron chi connectivity index (χ3n) is 8.20. The first-order chi connectivity index (χ1) is 19.1. The first-order valence-electron chi connectivity index (χ1n) is 13.5. The van der Waals surface area contributed by atoms with Crippen LogP contribution in [0.25, 0.3) is 5.70 Å². The van der Waals surface area contributed by atoms with Crippen LogP contribution in [0.4, 0.5) is 0 Å². The van der Waals surface area contributed by atoms with E-state index in [1.54, 1.807) is 21.3 Å². The van der Waals surface area contributed by atoms with E-state index in [0.29, 0.717) is 23.6 Å². The molecule has 0 aromatic heterocycles. The average molecular weight is 577 g/mol. The van der Waals surface area contributed by atoms with E-state index in [2.05, 4.69) is 39.5 Å². The van der Waals surface area contributed by atoms with Crippen LogP contribution < -0.4 is 19.5 Å². The van der Waals surface area contributed by atoms with Crippen LogP contribution in [0.2, 0.25) is 0 Å². The molecule has 3 heterocycles. The molecule has 0 bridgehead atoms. The van der Waals surface area contributed by atoms with Crippen molar-refractivity contribution in [3.8, 4) is 23.0 Å². The number of ether oxygens (including phenoxy) is 3. The van der Waals surface area contributed by atoms with E-state index in [1.165, 1.54) is 22.4 Å². The highest BCUT2D eigenvalue weighted by Crippen LogP contribution is 2.46. The Kier molecular flexibility index (Phi) is 9.50. The van der Waals surface area contributed by atoms with E-state index < -0.39 is 10.4 Å². The molecular weight excluding hydrogens is 536 g/mol. The SMILES string of the molecule is CCC1CN2CCc3cc(OC)c(OC)cc3C2CC1/C=C1\NCCc2cc(O)c(OC)cc21.COS(=O)(=O)O. The largest absolute Gasteiger partial charge is 0.504 e. The maximum Gasteiger partial charge on any atom is 0.397 e. The Morgan fingerprint density at radius 1 is 1.00 bits per heavy atom. The molecule has 5 rings (SSSR count). The molecule has 40 heavy (non-hydrogen) atoms. The smallest absolute Gasteiger partial charge is 0.397 e. The monoisotopic (exact) mass is 576 g/mol. The number of nitrogens with one attached hydrogen (secondary N) is 1. The molecule has 2 aromatic carbocycles. The number of rotatable bonds is 6. The second-order valence-electron chi connectivity index (χ2n) is 10.3. The molecule has 0 radical (unpaired) electrons. The molecule has 0 amide bonds. The standard InChI is InChI=1S/C28H36N2O4.CH4O4S/c1-5-17-16-30-9-7-19-13-27(33-3)28(34-4)15-22(19)24(30)11-20(17)10-23-21-14-26(32-2)25(31)12-18(21)6-8-29-23;1-5-6(2,3)4/h10,12-15,17,20,24,29,31H,5-9,11,16H2,1-4H3;1H3,(H,2,3,4)/b23-10-;. The van der Waals surface area contributed by atoms with Gasteiger partial charge < -0.3 is 24.6 Å². The summed E-state index contributed by atoms with van der Waals surface area (Å²) in [6, 6.07) is 8.59. The van der Waals surface area contributed by atoms with Crippen molar-refractivity contribution >= 4 is 16.1 Å². The lowest BCUT2D eigenvalue weighted by Crippen LogP contribution is -2.45. The maximum absolute atomic E-state index is 10.3. The van der Waals surface area contributed by atoms with Gasteiger partial charge in [0.2, 0.25) is 0 Å². The van der Waals surface area contributed by atoms with E-state index in [1.807, 2.05) is 12.1 Å². The number of aromatic hydroxyl groups is 1. The van der Waals surface area contributed by atoms with E-state index in [9.17, 15) is 13.5 Å². The lowest BCUT2D eigenvalue weighted by Gasteiger charge is -2.47. The summed E-state index contributed by atoms with van der Waals surface area (Å²) in [5.74, 6) is 3.43. The summed E-state index contributed by atoms with van der Waals surface area (Å²) in [6.45, 7) is 5.38. The first kappa shape index (κ1) is 30.0. The molecule has 0 saturated carbocycles. The molecule has 3 aliphatic rings. The Balaban J connectivity index is 0.000000557. The lowest BCUT2D eigenvalue weighted by molar-refractivity contribution is 0.0693. The van der Waals surface area contributed by atoms with Crippen molar-refractivity contribution in [2.45, 2.75) is 38.6 Å². The number of nitrogens with zero attached hydrogens (tertiary/aromatic N) is 1. The number of allylic oxidation sites excluding steroid dienone is 1. The third kappa shape index (κ3) is 6.49. The van der Waals surface area contributed by atoms with Crippen molar-refractivity contribution < 1.29 is 36.5 Å². The van der Waals surface area contributed by atoms with Gasteiger partial charge >= 0.3 is 10.4 Å². The number of methoxy groups -OCH3 is 3. The Bertz CT molecular complexity index is 1340. The summed E-state index contributed by atoms with van der Waals surface area (Å²) < 4.78 is 46.3. The Labute approximate surface area is 236 Å². The fraction of sp³-hybridized carbons (Fsp3) is 0.517. The molecule has 11 heteroatoms. The van der Waals surface area contributed by atoms with E-state index in [0.717, 1.165) is 69.5 Å². The second kappa shape index (κ2) is 12.7. The van der Waals surface area contributed by atoms with Gasteiger partial charge in [0.1, 0.15) is 0 Å². The Hall–Kier alpha value is -2.99. The van der Waals surface area contributed by atoms with Crippen molar-refractivity contribution in [1.29, 1.82) is 0 Å². The zero-order chi connectivity index (χ0) is 29.0. The average Bonchev–Trinajstić information content (AvgIpc) is 2.95. The summed E-state index contributed by atoms with van der Waals surface area (Å²) in [4.78, 5) is 2.67. The van der Waals surface area contributed by atoms with Crippen molar-refractivity contribution in [3.05, 3.63) is 52.6 Å². The number of fused-ring (bicyclic) bond motifs is 4. The summed E-state index contributed by atoms with van der Waals surface area (Å²) in [7, 11) is 1.73. The van der Waals surface area contributed by atoms with Crippen LogP contribution in [0.1, 0.15) is 48.1 Å². The van der Waals surface area contributed by atoms with Crippen LogP contribution in [0.15, 0.2) is 30.3 Å². The molecule has 10 nitrogen and oxygen atoms in total. The summed E-state index contributed by atoms with van der Waals surface area (Å²) in [6.07, 6.45) is 6.64. The number of phenolic OH excluding ortho intramolecular Hbond substituents is 1. The van der Waals surface area contributed by atoms with Crippen molar-refractivity contribution in [1.82, 2.24) is 10.2 Å². The van der Waals surface area contributed by atoms with Crippen molar-refractivity contribution in [2.24, 2.45) is 11.8 Å². The van der Waals surface area contributed by atoms with Gasteiger partial charge in [-0.2, -0.15) is 8.42 Å². The molecule has 3 atom stereocenters. The highest BCUT2D eigenvalue weighted by atomic mass is 32.3. The topological polar surface area (TPSA) is 127 Å². The molecule has 0 aliphatic carbocycles. The van der Waals surface area contributed by atoms with Crippen molar-refractivity contribution in [3.63, 3.8) is 0 Å². The highest BCUT2D eigenvalue weighted by Gasteiger charge is 2.38. The van der Waals surface area contributed by atoms with Crippen LogP contribution in [0.5, 0.6) is 23.0 Å². The van der Waals surface area contributed by atoms with Gasteiger partial charge in [-0.25, -0.2) is 0 Å². The minimum atomic E-state index is -4.16. The molecule has 3 unspecified atom stereocenters. The summed E-state index contributed by atoms with van der Waals surface area (Å²) >= 11 is 0. The minimum absolute atomic E-state index is 0.213. The molecule has 1 fully saturated rings. The van der Waals surface area contributed by atoms with E-state index >= 15 is 0 Å². The number of phenols is 1. The minimum Gasteiger partial charge on any atom is -0.504 e. The van der Waals surface area contributed by atoms with Crippen LogP contribution >= 0.6 is 0 Å². The lowest BCUT2D eigenvalue weighted by atomic mass is 9.75. The van der Waals surface area contributed by atoms with E-state index in [-0.39, 0.29) is 5.75 Å². The quantitative estimate of drug-likeness (QED) is 0.435. The molecule has 2 aromatic rings. The van der Waals surface area contributed by atoms with Gasteiger partial charge in [0.25, 0.3) is 0 Å². The number of hydrogen-bond acceptors (Lipinski definition) is 9. The van der Waals surface area contributed by atoms with Gasteiger partial charge in [-0.3, -0.25) is 13.6 Å². The zero-order valence-electron chi connectivity index (χ0n) is 23.8. The predicted molar refractivity (Wildman–Crippen MR) is 152 cm³/mol. The summed E-state index contributed by atoms with van der Waals surface area (Å²) in [5, 5.41) is 13.9. The highest BCUT2D eigenvalue weighted by molar-refractivity contribution is 7.80. The van der Waals surface area contributed by atoms with E-state index in [4.69, 9.17) is 18.8 Å². The molecule has 0 spiro atoms. The molecule has 1 saturated heterocycles. The number of piperidine rings is 1. The van der Waals surface area contributed by atoms with Crippen LogP contribution in [0, 0.1) is 11.8 Å². The fourth-order valence-electron chi connectivity index (χ4n) is 6.12. The normalized spacial score (nSPS) is 23.1. The van der Waals surface area contributed by atoms with Crippen LogP contribution in [-0.2, 0) is 27.4 Å². The Morgan fingerprint density at radius 2 is 1.68 bits per heavy atom. The summed E-state index contributed by atoms with van der Waals surface area (Å²) in [5.41, 5.74) is 6.24. The predicted octanol–water partition coefficient (Wildman–Crippen LogP) is 3.99. The van der Waals surface area contributed by atoms with Gasteiger partial charge in [0.05, 0.1) is 28.4 Å². The van der Waals surface area contributed by atoms with Crippen molar-refractivity contribution in [2.75, 3.05) is 48.1 Å².